The Morgan fingerprint density at radius 2 is 1.76 bits per heavy atom. The van der Waals surface area contributed by atoms with Crippen LogP contribution in [0.5, 0.6) is 0 Å². The smallest absolute Gasteiger partial charge is 0.344 e. The minimum absolute atomic E-state index is 0.152. The number of aromatic nitrogens is 1. The third-order valence-electron chi connectivity index (χ3n) is 2.69. The van der Waals surface area contributed by atoms with Crippen molar-refractivity contribution in [1.82, 2.24) is 4.98 Å². The van der Waals surface area contributed by atoms with Crippen LogP contribution in [0.3, 0.4) is 0 Å². The third-order valence-corrected chi connectivity index (χ3v) is 2.69. The monoisotopic (exact) mass is 299 g/mol. The van der Waals surface area contributed by atoms with Crippen LogP contribution in [0.4, 0.5) is 17.6 Å². The molecule has 0 aliphatic heterocycles. The van der Waals surface area contributed by atoms with E-state index in [9.17, 15) is 22.4 Å². The zero-order valence-corrected chi connectivity index (χ0v) is 10.8. The molecule has 0 saturated carbocycles. The van der Waals surface area contributed by atoms with Gasteiger partial charge in [-0.15, -0.1) is 0 Å². The van der Waals surface area contributed by atoms with Gasteiger partial charge in [-0.05, 0) is 13.0 Å². The molecule has 0 aliphatic rings. The first kappa shape index (κ1) is 15.0. The Bertz CT molecular complexity index is 660. The van der Waals surface area contributed by atoms with Crippen molar-refractivity contribution in [2.75, 3.05) is 6.61 Å². The van der Waals surface area contributed by atoms with Gasteiger partial charge >= 0.3 is 5.97 Å². The molecule has 0 radical (unpaired) electrons. The molecule has 0 saturated heterocycles. The van der Waals surface area contributed by atoms with Gasteiger partial charge in [0.25, 0.3) is 0 Å². The van der Waals surface area contributed by atoms with Crippen LogP contribution in [0, 0.1) is 23.3 Å². The number of carbonyl (C=O) groups excluding carboxylic acids is 1. The Labute approximate surface area is 117 Å². The summed E-state index contributed by atoms with van der Waals surface area (Å²) in [6.45, 7) is 1.20. The number of hydrogen-bond donors (Lipinski definition) is 0. The molecule has 0 atom stereocenters. The highest BCUT2D eigenvalue weighted by molar-refractivity contribution is 5.91. The van der Waals surface area contributed by atoms with Crippen molar-refractivity contribution in [2.45, 2.75) is 6.92 Å². The van der Waals surface area contributed by atoms with E-state index in [1.165, 1.54) is 25.3 Å². The second-order valence-corrected chi connectivity index (χ2v) is 3.97. The number of esters is 1. The lowest BCUT2D eigenvalue weighted by Crippen LogP contribution is -2.14. The van der Waals surface area contributed by atoms with Crippen LogP contribution in [0.1, 0.15) is 17.3 Å². The van der Waals surface area contributed by atoms with Crippen LogP contribution in [0.2, 0.25) is 0 Å². The zero-order valence-electron chi connectivity index (χ0n) is 10.8. The van der Waals surface area contributed by atoms with Gasteiger partial charge in [0, 0.05) is 18.0 Å². The zero-order chi connectivity index (χ0) is 15.6. The number of rotatable bonds is 3. The fraction of sp³-hybridized carbons (Fsp3) is 0.143. The molecule has 1 aromatic carbocycles. The fourth-order valence-corrected chi connectivity index (χ4v) is 1.78. The molecule has 110 valence electrons. The Balaban J connectivity index is 2.70. The van der Waals surface area contributed by atoms with E-state index in [1.807, 2.05) is 0 Å². The van der Waals surface area contributed by atoms with Crippen LogP contribution in [-0.4, -0.2) is 17.6 Å². The van der Waals surface area contributed by atoms with Gasteiger partial charge in [-0.3, -0.25) is 4.98 Å². The van der Waals surface area contributed by atoms with Crippen LogP contribution in [-0.2, 0) is 4.74 Å². The molecule has 7 heteroatoms. The maximum Gasteiger partial charge on any atom is 0.344 e. The summed E-state index contributed by atoms with van der Waals surface area (Å²) in [7, 11) is 0. The summed E-state index contributed by atoms with van der Waals surface area (Å²) in [5.74, 6) is -8.42. The summed E-state index contributed by atoms with van der Waals surface area (Å²) in [5.41, 5.74) is -2.47. The van der Waals surface area contributed by atoms with Gasteiger partial charge in [0.15, 0.2) is 23.3 Å². The van der Waals surface area contributed by atoms with E-state index in [1.54, 1.807) is 0 Å². The Hall–Kier alpha value is -2.44. The summed E-state index contributed by atoms with van der Waals surface area (Å²) in [5, 5.41) is 0. The molecule has 0 aliphatic carbocycles. The molecule has 0 unspecified atom stereocenters. The number of pyridine rings is 1. The summed E-state index contributed by atoms with van der Waals surface area (Å²) < 4.78 is 60.0. The lowest BCUT2D eigenvalue weighted by Gasteiger charge is -2.11. The third kappa shape index (κ3) is 2.58. The summed E-state index contributed by atoms with van der Waals surface area (Å²) in [4.78, 5) is 15.0. The van der Waals surface area contributed by atoms with Crippen molar-refractivity contribution in [3.8, 4) is 11.1 Å². The molecule has 3 nitrogen and oxygen atoms in total. The van der Waals surface area contributed by atoms with Crippen LogP contribution >= 0.6 is 0 Å². The van der Waals surface area contributed by atoms with Crippen molar-refractivity contribution in [3.63, 3.8) is 0 Å². The average molecular weight is 299 g/mol. The van der Waals surface area contributed by atoms with E-state index >= 15 is 0 Å². The van der Waals surface area contributed by atoms with E-state index in [-0.39, 0.29) is 12.2 Å². The van der Waals surface area contributed by atoms with Crippen molar-refractivity contribution >= 4 is 5.97 Å². The molecule has 0 fully saturated rings. The lowest BCUT2D eigenvalue weighted by molar-refractivity contribution is 0.0512. The molecular formula is C14H9F4NO2. The fourth-order valence-electron chi connectivity index (χ4n) is 1.78. The van der Waals surface area contributed by atoms with Crippen LogP contribution in [0.15, 0.2) is 24.5 Å². The number of nitrogens with zero attached hydrogens (tertiary/aromatic N) is 1. The van der Waals surface area contributed by atoms with Gasteiger partial charge in [0.2, 0.25) is 0 Å². The second-order valence-electron chi connectivity index (χ2n) is 3.97. The minimum Gasteiger partial charge on any atom is -0.462 e. The number of ether oxygens (including phenoxy) is 1. The molecule has 2 aromatic rings. The lowest BCUT2D eigenvalue weighted by atomic mass is 10.0. The molecule has 2 rings (SSSR count). The molecule has 0 spiro atoms. The Morgan fingerprint density at radius 1 is 1.14 bits per heavy atom. The first-order chi connectivity index (χ1) is 9.99. The highest BCUT2D eigenvalue weighted by Crippen LogP contribution is 2.31. The van der Waals surface area contributed by atoms with Crippen LogP contribution < -0.4 is 0 Å². The van der Waals surface area contributed by atoms with Gasteiger partial charge in [-0.25, -0.2) is 22.4 Å². The van der Waals surface area contributed by atoms with Gasteiger partial charge in [0.1, 0.15) is 5.56 Å². The van der Waals surface area contributed by atoms with Crippen molar-refractivity contribution in [3.05, 3.63) is 53.4 Å². The minimum atomic E-state index is -1.80. The number of carbonyl (C=O) groups is 1. The van der Waals surface area contributed by atoms with Gasteiger partial charge in [-0.1, -0.05) is 6.07 Å². The summed E-state index contributed by atoms with van der Waals surface area (Å²) in [6.07, 6.45) is 2.38. The van der Waals surface area contributed by atoms with E-state index in [0.717, 1.165) is 6.20 Å². The number of benzene rings is 1. The first-order valence-corrected chi connectivity index (χ1v) is 5.92. The van der Waals surface area contributed by atoms with Crippen LogP contribution in [0.25, 0.3) is 11.1 Å². The maximum atomic E-state index is 14.0. The normalized spacial score (nSPS) is 10.5. The van der Waals surface area contributed by atoms with E-state index in [4.69, 9.17) is 0 Å². The van der Waals surface area contributed by atoms with Crippen molar-refractivity contribution in [2.24, 2.45) is 0 Å². The Morgan fingerprint density at radius 3 is 2.24 bits per heavy atom. The quantitative estimate of drug-likeness (QED) is 0.495. The molecule has 0 amide bonds. The largest absolute Gasteiger partial charge is 0.462 e. The number of halogens is 4. The average Bonchev–Trinajstić information content (AvgIpc) is 2.47. The summed E-state index contributed by atoms with van der Waals surface area (Å²) >= 11 is 0. The maximum absolute atomic E-state index is 14.0. The van der Waals surface area contributed by atoms with E-state index < -0.39 is 40.4 Å². The molecular weight excluding hydrogens is 290 g/mol. The highest BCUT2D eigenvalue weighted by Gasteiger charge is 2.30. The topological polar surface area (TPSA) is 39.2 Å². The van der Waals surface area contributed by atoms with E-state index in [0.29, 0.717) is 0 Å². The number of hydrogen-bond acceptors (Lipinski definition) is 3. The van der Waals surface area contributed by atoms with E-state index in [2.05, 4.69) is 9.72 Å². The van der Waals surface area contributed by atoms with Gasteiger partial charge in [-0.2, -0.15) is 0 Å². The van der Waals surface area contributed by atoms with Gasteiger partial charge < -0.3 is 4.74 Å². The SMILES string of the molecule is CCOC(=O)c1c(F)c(F)c(-c2cccnc2)c(F)c1F. The predicted octanol–water partition coefficient (Wildman–Crippen LogP) is 3.48. The molecule has 1 heterocycles. The molecule has 0 N–H and O–H groups in total. The second kappa shape index (κ2) is 5.90. The van der Waals surface area contributed by atoms with Crippen molar-refractivity contribution in [1.29, 1.82) is 0 Å². The standard InChI is InChI=1S/C14H9F4NO2/c1-2-21-14(20)9-12(17)10(15)8(11(16)13(9)18)7-4-3-5-19-6-7/h3-6H,2H2,1H3. The Kier molecular flexibility index (Phi) is 4.21. The summed E-state index contributed by atoms with van der Waals surface area (Å²) in [6, 6.07) is 2.58. The molecule has 1 aromatic heterocycles. The molecule has 21 heavy (non-hydrogen) atoms. The first-order valence-electron chi connectivity index (χ1n) is 5.92. The van der Waals surface area contributed by atoms with Crippen molar-refractivity contribution < 1.29 is 27.1 Å². The molecule has 0 bridgehead atoms. The van der Waals surface area contributed by atoms with Gasteiger partial charge in [0.05, 0.1) is 12.2 Å². The predicted molar refractivity (Wildman–Crippen MR) is 65.5 cm³/mol. The highest BCUT2D eigenvalue weighted by atomic mass is 19.2.